The number of aliphatic carboxylic acids is 1. The lowest BCUT2D eigenvalue weighted by Gasteiger charge is -2.61. The van der Waals surface area contributed by atoms with Gasteiger partial charge in [0.1, 0.15) is 42.8 Å². The standard InChI is InChI=1S/C74H90N10O19S/c1-45-52(50-15-17-59(79-65(50)68(93)94)82-24-21-49-53(36-82)51(14-16-55(49)97-7)66(90)80-69-78-54-10-8-9-11-58(54)104-69)35-77-84(45)44-73(5)41-72(4)39-71(2,3)40-74(42-72,43-73)101-29-26-81(25-28-96-6)70(95)100-38-46-12-13-48(102-64-33-47(85)32-57(103-64)67(91)92)34-56(46)99-31-30-98-27-23-76-60(86)20-22-75-61(87)37-83-62(88)18-19-63(83)89/h8-19,34-35,47,57,64,85H,20-33,36-44H2,1-7H3,(H,75,87)(H,76,86)(H,91,92)(H,93,94)(H,78,80,90)/t47-,57-,64+,72?,73?,74?/m0/s1. The molecule has 3 unspecified atom stereocenters. The number of carboxylic acids is 2. The number of hydrogen-bond acceptors (Lipinski definition) is 22. The molecule has 2 saturated carbocycles. The summed E-state index contributed by atoms with van der Waals surface area (Å²) in [6.45, 7) is 12.7. The average Bonchev–Trinajstić information content (AvgIpc) is 0.780. The predicted octanol–water partition coefficient (Wildman–Crippen LogP) is 7.71. The minimum Gasteiger partial charge on any atom is -0.496 e. The number of nitrogens with one attached hydrogen (secondary N) is 3. The number of hydrogen-bond donors (Lipinski definition) is 6. The lowest BCUT2D eigenvalue weighted by atomic mass is 9.48. The van der Waals surface area contributed by atoms with Crippen LogP contribution in [-0.2, 0) is 73.8 Å². The molecule has 5 aliphatic rings. The Kier molecular flexibility index (Phi) is 23.7. The molecule has 2 aliphatic carbocycles. The number of ether oxygens (including phenoxy) is 8. The Morgan fingerprint density at radius 2 is 1.58 bits per heavy atom. The number of carbonyl (C=O) groups is 8. The number of imide groups is 1. The molecule has 3 aliphatic heterocycles. The molecule has 29 nitrogen and oxygen atoms in total. The number of benzene rings is 3. The van der Waals surface area contributed by atoms with E-state index in [1.807, 2.05) is 46.8 Å². The summed E-state index contributed by atoms with van der Waals surface area (Å²) in [5.74, 6) is -3.33. The maximum absolute atomic E-state index is 14.2. The van der Waals surface area contributed by atoms with Gasteiger partial charge in [-0.25, -0.2) is 24.4 Å². The predicted molar refractivity (Wildman–Crippen MR) is 379 cm³/mol. The van der Waals surface area contributed by atoms with E-state index in [-0.39, 0.29) is 137 Å². The van der Waals surface area contributed by atoms with E-state index in [4.69, 9.17) is 48.0 Å². The Morgan fingerprint density at radius 1 is 0.798 bits per heavy atom. The first-order valence-corrected chi connectivity index (χ1v) is 35.6. The quantitative estimate of drug-likeness (QED) is 0.0174. The van der Waals surface area contributed by atoms with Crippen LogP contribution in [0.25, 0.3) is 21.3 Å². The number of nitrogens with zero attached hydrogens (tertiary/aromatic N) is 7. The van der Waals surface area contributed by atoms with Gasteiger partial charge in [-0.15, -0.1) is 0 Å². The topological polar surface area (TPSA) is 360 Å². The molecule has 30 heteroatoms. The van der Waals surface area contributed by atoms with E-state index in [1.165, 1.54) is 22.3 Å². The van der Waals surface area contributed by atoms with E-state index >= 15 is 0 Å². The van der Waals surface area contributed by atoms with Gasteiger partial charge in [-0.1, -0.05) is 51.2 Å². The van der Waals surface area contributed by atoms with Crippen molar-refractivity contribution in [1.82, 2.24) is 40.2 Å². The van der Waals surface area contributed by atoms with Crippen LogP contribution in [0.15, 0.2) is 85.1 Å². The molecule has 104 heavy (non-hydrogen) atoms. The van der Waals surface area contributed by atoms with E-state index in [9.17, 15) is 53.7 Å². The maximum atomic E-state index is 14.2. The number of aromatic nitrogens is 4. The van der Waals surface area contributed by atoms with Crippen LogP contribution in [0.2, 0.25) is 0 Å². The number of amides is 6. The summed E-state index contributed by atoms with van der Waals surface area (Å²) in [5.41, 5.74) is 3.91. The first-order valence-electron chi connectivity index (χ1n) is 34.8. The average molecular weight is 1460 g/mol. The summed E-state index contributed by atoms with van der Waals surface area (Å²) in [6, 6.07) is 19.6. The van der Waals surface area contributed by atoms with Crippen molar-refractivity contribution in [3.05, 3.63) is 119 Å². The Bertz CT molecular complexity index is 4180. The number of pyridine rings is 1. The second kappa shape index (κ2) is 32.6. The van der Waals surface area contributed by atoms with Crippen molar-refractivity contribution in [3.8, 4) is 28.4 Å². The number of anilines is 2. The van der Waals surface area contributed by atoms with Gasteiger partial charge in [-0.2, -0.15) is 5.10 Å². The Labute approximate surface area is 605 Å². The van der Waals surface area contributed by atoms with Crippen LogP contribution in [0, 0.1) is 23.2 Å². The Balaban J connectivity index is 0.718. The molecule has 556 valence electrons. The fourth-order valence-electron chi connectivity index (χ4n) is 15.9. The molecule has 3 aromatic heterocycles. The van der Waals surface area contributed by atoms with Gasteiger partial charge in [0, 0.05) is 124 Å². The van der Waals surface area contributed by atoms with E-state index in [2.05, 4.69) is 48.6 Å². The highest BCUT2D eigenvalue weighted by Gasteiger charge is 2.58. The smallest absolute Gasteiger partial charge is 0.410 e. The zero-order valence-corrected chi connectivity index (χ0v) is 60.3. The number of methoxy groups -OCH3 is 2. The molecule has 6 heterocycles. The third-order valence-electron chi connectivity index (χ3n) is 19.5. The van der Waals surface area contributed by atoms with Crippen molar-refractivity contribution in [2.24, 2.45) is 16.2 Å². The number of aromatic carboxylic acids is 1. The molecule has 3 aromatic carbocycles. The monoisotopic (exact) mass is 1450 g/mol. The van der Waals surface area contributed by atoms with Crippen molar-refractivity contribution < 1.29 is 91.6 Å². The zero-order chi connectivity index (χ0) is 74.1. The summed E-state index contributed by atoms with van der Waals surface area (Å²) in [5, 5.41) is 44.5. The molecule has 6 amide bonds. The fraction of sp³-hybridized carbons (Fsp3) is 0.500. The number of carbonyl (C=O) groups excluding carboxylic acids is 6. The molecule has 0 radical (unpaired) electrons. The number of aliphatic hydroxyl groups is 1. The largest absolute Gasteiger partial charge is 0.496 e. The minimum atomic E-state index is -1.29. The van der Waals surface area contributed by atoms with Gasteiger partial charge in [0.25, 0.3) is 17.7 Å². The van der Waals surface area contributed by atoms with Crippen molar-refractivity contribution in [3.63, 3.8) is 0 Å². The van der Waals surface area contributed by atoms with Gasteiger partial charge < -0.3 is 73.6 Å². The molecule has 0 spiro atoms. The van der Waals surface area contributed by atoms with Crippen LogP contribution in [-0.4, -0.2) is 203 Å². The highest BCUT2D eigenvalue weighted by molar-refractivity contribution is 7.22. The fourth-order valence-corrected chi connectivity index (χ4v) is 16.8. The van der Waals surface area contributed by atoms with Crippen LogP contribution in [0.4, 0.5) is 15.7 Å². The number of fused-ring (bicyclic) bond motifs is 4. The third kappa shape index (κ3) is 18.5. The second-order valence-electron chi connectivity index (χ2n) is 28.7. The van der Waals surface area contributed by atoms with Gasteiger partial charge in [-0.05, 0) is 116 Å². The first-order chi connectivity index (χ1) is 49.7. The number of rotatable bonds is 32. The molecule has 6 atom stereocenters. The molecular weight excluding hydrogens is 1360 g/mol. The van der Waals surface area contributed by atoms with Gasteiger partial charge in [0.15, 0.2) is 16.9 Å². The van der Waals surface area contributed by atoms with E-state index < -0.39 is 66.4 Å². The van der Waals surface area contributed by atoms with Crippen LogP contribution >= 0.6 is 11.3 Å². The van der Waals surface area contributed by atoms with Gasteiger partial charge in [0.05, 0.1) is 61.7 Å². The molecule has 1 saturated heterocycles. The lowest BCUT2D eigenvalue weighted by molar-refractivity contribution is -0.195. The number of thiazole rings is 1. The van der Waals surface area contributed by atoms with Crippen LogP contribution in [0.3, 0.4) is 0 Å². The highest BCUT2D eigenvalue weighted by Crippen LogP contribution is 2.63. The zero-order valence-electron chi connectivity index (χ0n) is 59.5. The maximum Gasteiger partial charge on any atom is 0.410 e. The number of aliphatic hydroxyl groups excluding tert-OH is 1. The van der Waals surface area contributed by atoms with Crippen molar-refractivity contribution in [1.29, 1.82) is 0 Å². The lowest BCUT2D eigenvalue weighted by Crippen LogP contribution is -2.57. The normalized spacial score (nSPS) is 21.8. The summed E-state index contributed by atoms with van der Waals surface area (Å²) < 4.78 is 50.8. The van der Waals surface area contributed by atoms with Crippen LogP contribution in [0.5, 0.6) is 17.2 Å². The van der Waals surface area contributed by atoms with Crippen molar-refractivity contribution in [2.75, 3.05) is 96.7 Å². The summed E-state index contributed by atoms with van der Waals surface area (Å²) in [7, 11) is 3.14. The number of carboxylic acid groups (broad SMARTS) is 2. The Hall–Kier alpha value is -9.59. The molecule has 2 bridgehead atoms. The summed E-state index contributed by atoms with van der Waals surface area (Å²) in [6.07, 6.45) is 4.29. The van der Waals surface area contributed by atoms with Gasteiger partial charge in [0.2, 0.25) is 18.1 Å². The molecular formula is C74H90N10O19S. The third-order valence-corrected chi connectivity index (χ3v) is 20.4. The van der Waals surface area contributed by atoms with Gasteiger partial charge in [-0.3, -0.25) is 38.9 Å². The van der Waals surface area contributed by atoms with Gasteiger partial charge >= 0.3 is 18.0 Å². The van der Waals surface area contributed by atoms with E-state index in [0.29, 0.717) is 64.9 Å². The second-order valence-corrected chi connectivity index (χ2v) is 29.7. The molecule has 6 aromatic rings. The van der Waals surface area contributed by atoms with Crippen LogP contribution in [0.1, 0.15) is 122 Å². The first kappa shape index (κ1) is 75.6. The number of para-hydroxylation sites is 1. The van der Waals surface area contributed by atoms with Crippen molar-refractivity contribution in [2.45, 2.75) is 136 Å². The molecule has 11 rings (SSSR count). The van der Waals surface area contributed by atoms with Crippen LogP contribution < -0.4 is 35.1 Å². The molecule has 3 fully saturated rings. The highest BCUT2D eigenvalue weighted by atomic mass is 32.1. The van der Waals surface area contributed by atoms with E-state index in [0.717, 1.165) is 69.8 Å². The summed E-state index contributed by atoms with van der Waals surface area (Å²) >= 11 is 1.39. The molecule has 6 N–H and O–H groups in total. The van der Waals surface area contributed by atoms with E-state index in [1.54, 1.807) is 50.7 Å². The SMILES string of the molecule is COCCN(CCOC12CC(C)(C)CC(C)(CC(C)(Cn3ncc(-c4ccc(N5CCc6c(OC)ccc(C(=O)Nc7nc8ccccc8s7)c6C5)nc4C(=O)O)c3C)C1)C2)C(=O)OCc1ccc(O[C@H]2C[C@@H](O)C[C@@H](C(=O)O)O2)cc1OCCOCCNC(=O)CCNC(=O)CN1C(=O)C=CC1=O. The summed E-state index contributed by atoms with van der Waals surface area (Å²) in [4.78, 5) is 115. The van der Waals surface area contributed by atoms with Crippen molar-refractivity contribution >= 4 is 80.1 Å². The minimum absolute atomic E-state index is 0.00757. The Morgan fingerprint density at radius 3 is 2.34 bits per heavy atom.